The molecule has 1 atom stereocenters. The van der Waals surface area contributed by atoms with E-state index in [9.17, 15) is 14.9 Å². The average molecular weight is 354 g/mol. The van der Waals surface area contributed by atoms with Crippen LogP contribution in [0.3, 0.4) is 0 Å². The molecule has 0 spiro atoms. The molecule has 26 heavy (non-hydrogen) atoms. The molecule has 7 nitrogen and oxygen atoms in total. The summed E-state index contributed by atoms with van der Waals surface area (Å²) in [5.74, 6) is -0.0477. The number of nitrogens with two attached hydrogens (primary N) is 1. The molecule has 0 unspecified atom stereocenters. The molecule has 0 radical (unpaired) electrons. The van der Waals surface area contributed by atoms with Crippen LogP contribution >= 0.6 is 0 Å². The van der Waals surface area contributed by atoms with Crippen molar-refractivity contribution in [2.75, 3.05) is 7.11 Å². The van der Waals surface area contributed by atoms with Gasteiger partial charge in [-0.25, -0.2) is 0 Å². The Morgan fingerprint density at radius 2 is 2.12 bits per heavy atom. The highest BCUT2D eigenvalue weighted by molar-refractivity contribution is 5.99. The van der Waals surface area contributed by atoms with E-state index in [1.165, 1.54) is 14.0 Å². The van der Waals surface area contributed by atoms with Crippen molar-refractivity contribution in [2.45, 2.75) is 32.1 Å². The van der Waals surface area contributed by atoms with E-state index >= 15 is 0 Å². The quantitative estimate of drug-likeness (QED) is 0.655. The summed E-state index contributed by atoms with van der Waals surface area (Å²) in [6.45, 7) is 1.29. The van der Waals surface area contributed by atoms with Crippen LogP contribution in [0.2, 0.25) is 0 Å². The first-order valence-electron chi connectivity index (χ1n) is 8.16. The van der Waals surface area contributed by atoms with E-state index in [4.69, 9.17) is 19.9 Å². The zero-order valence-electron chi connectivity index (χ0n) is 14.5. The molecule has 2 aliphatic rings. The fourth-order valence-electron chi connectivity index (χ4n) is 3.29. The van der Waals surface area contributed by atoms with Crippen LogP contribution in [0, 0.1) is 11.3 Å². The molecular formula is C19H18N2O5. The van der Waals surface area contributed by atoms with Crippen molar-refractivity contribution in [3.63, 3.8) is 0 Å². The van der Waals surface area contributed by atoms with Crippen LogP contribution in [-0.2, 0) is 14.3 Å². The number of Topliss-reactive ketones (excluding diaryl/α,β-unsaturated/α-hetero) is 1. The van der Waals surface area contributed by atoms with Gasteiger partial charge in [0.05, 0.1) is 13.0 Å². The van der Waals surface area contributed by atoms with Gasteiger partial charge in [-0.2, -0.15) is 5.26 Å². The van der Waals surface area contributed by atoms with Gasteiger partial charge in [-0.3, -0.25) is 9.59 Å². The number of hydrogen-bond acceptors (Lipinski definition) is 7. The van der Waals surface area contributed by atoms with Crippen LogP contribution < -0.4 is 15.2 Å². The van der Waals surface area contributed by atoms with Crippen LogP contribution in [0.4, 0.5) is 0 Å². The summed E-state index contributed by atoms with van der Waals surface area (Å²) >= 11 is 0. The second-order valence-corrected chi connectivity index (χ2v) is 6.04. The summed E-state index contributed by atoms with van der Waals surface area (Å²) in [7, 11) is 1.45. The Labute approximate surface area is 150 Å². The molecule has 1 heterocycles. The lowest BCUT2D eigenvalue weighted by Gasteiger charge is -2.31. The smallest absolute Gasteiger partial charge is 0.308 e. The summed E-state index contributed by atoms with van der Waals surface area (Å²) in [5, 5.41) is 9.57. The van der Waals surface area contributed by atoms with Crippen molar-refractivity contribution in [1.82, 2.24) is 0 Å². The second-order valence-electron chi connectivity index (χ2n) is 6.04. The number of esters is 1. The van der Waals surface area contributed by atoms with E-state index < -0.39 is 11.9 Å². The van der Waals surface area contributed by atoms with Crippen molar-refractivity contribution in [1.29, 1.82) is 5.26 Å². The standard InChI is InChI=1S/C19H18N2O5/c1-10(22)25-14-7-6-11(8-16(14)24-2)17-12(9-20)19(21)26-15-5-3-4-13(23)18(15)17/h6-8,17H,3-5,21H2,1-2H3/t17-/m1/s1. The number of carbonyl (C=O) groups is 2. The normalized spacial score (nSPS) is 19.4. The van der Waals surface area contributed by atoms with Crippen LogP contribution in [0.1, 0.15) is 37.7 Å². The maximum absolute atomic E-state index is 12.5. The number of hydrogen-bond donors (Lipinski definition) is 1. The van der Waals surface area contributed by atoms with Gasteiger partial charge in [-0.1, -0.05) is 6.07 Å². The minimum absolute atomic E-state index is 0.00831. The molecule has 0 fully saturated rings. The summed E-state index contributed by atoms with van der Waals surface area (Å²) < 4.78 is 15.9. The number of rotatable bonds is 3. The van der Waals surface area contributed by atoms with Gasteiger partial charge in [-0.05, 0) is 24.1 Å². The zero-order chi connectivity index (χ0) is 18.8. The lowest BCUT2D eigenvalue weighted by atomic mass is 9.77. The summed E-state index contributed by atoms with van der Waals surface area (Å²) in [4.78, 5) is 23.8. The van der Waals surface area contributed by atoms with Gasteiger partial charge in [-0.15, -0.1) is 0 Å². The first-order valence-corrected chi connectivity index (χ1v) is 8.16. The minimum atomic E-state index is -0.628. The topological polar surface area (TPSA) is 112 Å². The molecule has 3 rings (SSSR count). The van der Waals surface area contributed by atoms with Crippen LogP contribution in [-0.4, -0.2) is 18.9 Å². The van der Waals surface area contributed by atoms with Gasteiger partial charge >= 0.3 is 5.97 Å². The Balaban J connectivity index is 2.13. The third-order valence-electron chi connectivity index (χ3n) is 4.38. The molecule has 0 aromatic heterocycles. The molecule has 2 N–H and O–H groups in total. The highest BCUT2D eigenvalue weighted by Crippen LogP contribution is 2.44. The fourth-order valence-corrected chi connectivity index (χ4v) is 3.29. The summed E-state index contributed by atoms with van der Waals surface area (Å²) in [6.07, 6.45) is 1.69. The van der Waals surface area contributed by atoms with Crippen LogP contribution in [0.25, 0.3) is 0 Å². The monoisotopic (exact) mass is 354 g/mol. The van der Waals surface area contributed by atoms with E-state index in [0.29, 0.717) is 41.9 Å². The first kappa shape index (κ1) is 17.5. The Hall–Kier alpha value is -3.27. The van der Waals surface area contributed by atoms with Gasteiger partial charge in [0.25, 0.3) is 0 Å². The Bertz CT molecular complexity index is 892. The lowest BCUT2D eigenvalue weighted by molar-refractivity contribution is -0.132. The maximum Gasteiger partial charge on any atom is 0.308 e. The molecule has 1 aromatic rings. The number of nitrogens with zero attached hydrogens (tertiary/aromatic N) is 1. The van der Waals surface area contributed by atoms with Gasteiger partial charge in [0.1, 0.15) is 17.4 Å². The van der Waals surface area contributed by atoms with E-state index in [2.05, 4.69) is 6.07 Å². The van der Waals surface area contributed by atoms with E-state index in [0.717, 1.165) is 0 Å². The minimum Gasteiger partial charge on any atom is -0.493 e. The molecule has 1 aliphatic carbocycles. The Kier molecular flexibility index (Phi) is 4.67. The SMILES string of the molecule is COc1cc([C@@H]2C(C#N)=C(N)OC3=C2C(=O)CCC3)ccc1OC(C)=O. The average Bonchev–Trinajstić information content (AvgIpc) is 2.60. The molecular weight excluding hydrogens is 336 g/mol. The zero-order valence-corrected chi connectivity index (χ0v) is 14.5. The highest BCUT2D eigenvalue weighted by atomic mass is 16.6. The third kappa shape index (κ3) is 3.02. The predicted octanol–water partition coefficient (Wildman–Crippen LogP) is 2.44. The number of benzene rings is 1. The molecule has 0 saturated heterocycles. The molecule has 7 heteroatoms. The molecule has 1 aliphatic heterocycles. The Morgan fingerprint density at radius 3 is 2.77 bits per heavy atom. The molecule has 0 saturated carbocycles. The summed E-state index contributed by atoms with van der Waals surface area (Å²) in [6, 6.07) is 6.96. The maximum atomic E-state index is 12.5. The van der Waals surface area contributed by atoms with Gasteiger partial charge < -0.3 is 19.9 Å². The number of carbonyl (C=O) groups excluding carboxylic acids is 2. The van der Waals surface area contributed by atoms with Gasteiger partial charge in [0, 0.05) is 25.3 Å². The fraction of sp³-hybridized carbons (Fsp3) is 0.316. The number of allylic oxidation sites excluding steroid dienone is 3. The summed E-state index contributed by atoms with van der Waals surface area (Å²) in [5.41, 5.74) is 7.21. The highest BCUT2D eigenvalue weighted by Gasteiger charge is 2.38. The Morgan fingerprint density at radius 1 is 1.35 bits per heavy atom. The molecule has 0 bridgehead atoms. The van der Waals surface area contributed by atoms with E-state index in [1.807, 2.05) is 0 Å². The van der Waals surface area contributed by atoms with Crippen molar-refractivity contribution in [2.24, 2.45) is 5.73 Å². The van der Waals surface area contributed by atoms with Gasteiger partial charge in [0.2, 0.25) is 5.88 Å². The van der Waals surface area contributed by atoms with Crippen molar-refractivity contribution in [3.8, 4) is 17.6 Å². The number of ether oxygens (including phenoxy) is 3. The van der Waals surface area contributed by atoms with E-state index in [-0.39, 0.29) is 23.0 Å². The molecule has 1 aromatic carbocycles. The predicted molar refractivity (Wildman–Crippen MR) is 90.8 cm³/mol. The van der Waals surface area contributed by atoms with E-state index in [1.54, 1.807) is 18.2 Å². The van der Waals surface area contributed by atoms with Crippen LogP contribution in [0.15, 0.2) is 41.0 Å². The van der Waals surface area contributed by atoms with Crippen LogP contribution in [0.5, 0.6) is 11.5 Å². The van der Waals surface area contributed by atoms with Crippen molar-refractivity contribution < 1.29 is 23.8 Å². The molecule has 0 amide bonds. The number of methoxy groups -OCH3 is 1. The lowest BCUT2D eigenvalue weighted by Crippen LogP contribution is -2.27. The van der Waals surface area contributed by atoms with Crippen molar-refractivity contribution in [3.05, 3.63) is 46.6 Å². The number of nitriles is 1. The third-order valence-corrected chi connectivity index (χ3v) is 4.38. The van der Waals surface area contributed by atoms with Gasteiger partial charge in [0.15, 0.2) is 17.3 Å². The number of ketones is 1. The first-order chi connectivity index (χ1) is 12.5. The van der Waals surface area contributed by atoms with Crippen molar-refractivity contribution >= 4 is 11.8 Å². The second kappa shape index (κ2) is 6.92. The largest absolute Gasteiger partial charge is 0.493 e. The molecule has 134 valence electrons.